The first-order valence-corrected chi connectivity index (χ1v) is 9.94. The van der Waals surface area contributed by atoms with Crippen molar-refractivity contribution in [3.8, 4) is 5.69 Å². The molecule has 3 aromatic rings. The summed E-state index contributed by atoms with van der Waals surface area (Å²) in [5.41, 5.74) is 2.52. The molecule has 5 nitrogen and oxygen atoms in total. The number of halogens is 1. The Morgan fingerprint density at radius 2 is 1.54 bits per heavy atom. The molecule has 0 N–H and O–H groups in total. The molecule has 1 aliphatic rings. The van der Waals surface area contributed by atoms with E-state index in [9.17, 15) is 4.79 Å². The van der Waals surface area contributed by atoms with Crippen molar-refractivity contribution in [2.75, 3.05) is 37.6 Å². The zero-order chi connectivity index (χ0) is 19.3. The highest BCUT2D eigenvalue weighted by Crippen LogP contribution is 2.23. The van der Waals surface area contributed by atoms with E-state index in [0.29, 0.717) is 5.69 Å². The largest absolute Gasteiger partial charge is 0.366 e. The molecule has 6 heteroatoms. The summed E-state index contributed by atoms with van der Waals surface area (Å²) in [5.74, 6) is 0. The van der Waals surface area contributed by atoms with Crippen LogP contribution in [0, 0.1) is 0 Å². The van der Waals surface area contributed by atoms with E-state index in [1.165, 1.54) is 10.2 Å². The van der Waals surface area contributed by atoms with Gasteiger partial charge < -0.3 is 4.90 Å². The molecule has 4 rings (SSSR count). The van der Waals surface area contributed by atoms with Crippen LogP contribution in [0.15, 0.2) is 71.7 Å². The molecule has 0 bridgehead atoms. The number of para-hydroxylation sites is 1. The lowest BCUT2D eigenvalue weighted by molar-refractivity contribution is 0.261. The van der Waals surface area contributed by atoms with Crippen molar-refractivity contribution in [2.45, 2.75) is 6.42 Å². The normalized spacial score (nSPS) is 15.0. The predicted octanol–water partition coefficient (Wildman–Crippen LogP) is 3.25. The monoisotopic (exact) mass is 394 g/mol. The Hall–Kier alpha value is -2.63. The summed E-state index contributed by atoms with van der Waals surface area (Å²) in [5, 5.41) is 4.58. The van der Waals surface area contributed by atoms with Gasteiger partial charge in [-0.3, -0.25) is 9.69 Å². The molecule has 1 aromatic heterocycles. The number of hydrogen-bond acceptors (Lipinski definition) is 4. The van der Waals surface area contributed by atoms with Gasteiger partial charge in [-0.1, -0.05) is 60.1 Å². The van der Waals surface area contributed by atoms with Crippen LogP contribution < -0.4 is 10.5 Å². The molecule has 0 radical (unpaired) electrons. The minimum Gasteiger partial charge on any atom is -0.366 e. The van der Waals surface area contributed by atoms with Crippen LogP contribution in [0.3, 0.4) is 0 Å². The summed E-state index contributed by atoms with van der Waals surface area (Å²) in [4.78, 5) is 17.3. The first kappa shape index (κ1) is 18.7. The number of anilines is 1. The van der Waals surface area contributed by atoms with Crippen LogP contribution >= 0.6 is 11.6 Å². The molecular weight excluding hydrogens is 372 g/mol. The number of nitrogens with zero attached hydrogens (tertiary/aromatic N) is 4. The molecule has 0 amide bonds. The molecule has 1 fully saturated rings. The average Bonchev–Trinajstić information content (AvgIpc) is 2.76. The summed E-state index contributed by atoms with van der Waals surface area (Å²) in [6.07, 6.45) is 2.76. The van der Waals surface area contributed by atoms with E-state index in [-0.39, 0.29) is 10.6 Å². The van der Waals surface area contributed by atoms with Crippen molar-refractivity contribution in [1.29, 1.82) is 0 Å². The quantitative estimate of drug-likeness (QED) is 0.666. The van der Waals surface area contributed by atoms with Crippen molar-refractivity contribution >= 4 is 17.3 Å². The molecule has 0 saturated carbocycles. The van der Waals surface area contributed by atoms with Gasteiger partial charge in [-0.15, -0.1) is 0 Å². The first-order chi connectivity index (χ1) is 13.7. The fourth-order valence-electron chi connectivity index (χ4n) is 3.54. The molecule has 0 spiro atoms. The molecule has 1 saturated heterocycles. The summed E-state index contributed by atoms with van der Waals surface area (Å²) < 4.78 is 1.35. The van der Waals surface area contributed by atoms with E-state index < -0.39 is 0 Å². The smallest absolute Gasteiger partial charge is 0.292 e. The first-order valence-electron chi connectivity index (χ1n) is 9.57. The molecule has 2 aromatic carbocycles. The van der Waals surface area contributed by atoms with E-state index in [1.807, 2.05) is 36.4 Å². The van der Waals surface area contributed by atoms with Gasteiger partial charge in [-0.25, -0.2) is 0 Å². The van der Waals surface area contributed by atoms with Gasteiger partial charge in [-0.05, 0) is 24.1 Å². The lowest BCUT2D eigenvalue weighted by atomic mass is 10.1. The van der Waals surface area contributed by atoms with E-state index in [2.05, 4.69) is 39.2 Å². The number of piperazine rings is 1. The van der Waals surface area contributed by atoms with Gasteiger partial charge in [0.2, 0.25) is 0 Å². The minimum absolute atomic E-state index is 0.233. The number of rotatable bonds is 5. The predicted molar refractivity (Wildman–Crippen MR) is 114 cm³/mol. The second kappa shape index (κ2) is 8.59. The Bertz CT molecular complexity index is 967. The molecule has 2 heterocycles. The van der Waals surface area contributed by atoms with Gasteiger partial charge in [0.15, 0.2) is 0 Å². The third-order valence-corrected chi connectivity index (χ3v) is 5.53. The maximum Gasteiger partial charge on any atom is 0.292 e. The van der Waals surface area contributed by atoms with Crippen LogP contribution in [-0.2, 0) is 6.42 Å². The van der Waals surface area contributed by atoms with E-state index >= 15 is 0 Å². The molecule has 144 valence electrons. The van der Waals surface area contributed by atoms with Crippen molar-refractivity contribution in [1.82, 2.24) is 14.7 Å². The highest BCUT2D eigenvalue weighted by Gasteiger charge is 2.21. The molecular formula is C22H23ClN4O. The fourth-order valence-corrected chi connectivity index (χ4v) is 3.79. The Kier molecular flexibility index (Phi) is 5.74. The summed E-state index contributed by atoms with van der Waals surface area (Å²) in [7, 11) is 0. The standard InChI is InChI=1S/C22H23ClN4O/c23-21-20(17-24-27(22(21)28)19-9-5-2-6-10-19)26-15-13-25(14-16-26)12-11-18-7-3-1-4-8-18/h1-10,17H,11-16H2. The van der Waals surface area contributed by atoms with Crippen molar-refractivity contribution in [3.63, 3.8) is 0 Å². The van der Waals surface area contributed by atoms with Gasteiger partial charge >= 0.3 is 0 Å². The Balaban J connectivity index is 1.41. The van der Waals surface area contributed by atoms with Crippen molar-refractivity contribution in [2.24, 2.45) is 0 Å². The van der Waals surface area contributed by atoms with Crippen LogP contribution in [0.5, 0.6) is 0 Å². The second-order valence-electron chi connectivity index (χ2n) is 6.96. The number of aromatic nitrogens is 2. The van der Waals surface area contributed by atoms with Gasteiger partial charge in [0.05, 0.1) is 17.6 Å². The van der Waals surface area contributed by atoms with E-state index in [0.717, 1.165) is 44.8 Å². The van der Waals surface area contributed by atoms with Crippen LogP contribution in [0.4, 0.5) is 5.69 Å². The Morgan fingerprint density at radius 3 is 2.21 bits per heavy atom. The van der Waals surface area contributed by atoms with Gasteiger partial charge in [-0.2, -0.15) is 9.78 Å². The highest BCUT2D eigenvalue weighted by molar-refractivity contribution is 6.33. The van der Waals surface area contributed by atoms with Crippen LogP contribution in [0.25, 0.3) is 5.69 Å². The zero-order valence-electron chi connectivity index (χ0n) is 15.7. The Labute approximate surface area is 169 Å². The lowest BCUT2D eigenvalue weighted by Gasteiger charge is -2.36. The van der Waals surface area contributed by atoms with E-state index in [1.54, 1.807) is 6.20 Å². The molecule has 0 unspecified atom stereocenters. The average molecular weight is 395 g/mol. The van der Waals surface area contributed by atoms with Crippen molar-refractivity contribution in [3.05, 3.63) is 87.8 Å². The van der Waals surface area contributed by atoms with Gasteiger partial charge in [0.1, 0.15) is 5.02 Å². The number of hydrogen-bond donors (Lipinski definition) is 0. The minimum atomic E-state index is -0.281. The van der Waals surface area contributed by atoms with Crippen LogP contribution in [0.2, 0.25) is 5.02 Å². The van der Waals surface area contributed by atoms with Crippen molar-refractivity contribution < 1.29 is 0 Å². The third-order valence-electron chi connectivity index (χ3n) is 5.17. The number of benzene rings is 2. The topological polar surface area (TPSA) is 41.4 Å². The van der Waals surface area contributed by atoms with Crippen LogP contribution in [-0.4, -0.2) is 47.4 Å². The second-order valence-corrected chi connectivity index (χ2v) is 7.34. The molecule has 1 aliphatic heterocycles. The third kappa shape index (κ3) is 4.11. The summed E-state index contributed by atoms with van der Waals surface area (Å²) in [6, 6.07) is 19.9. The SMILES string of the molecule is O=c1c(Cl)c(N2CCN(CCc3ccccc3)CC2)cnn1-c1ccccc1. The highest BCUT2D eigenvalue weighted by atomic mass is 35.5. The molecule has 28 heavy (non-hydrogen) atoms. The molecule has 0 atom stereocenters. The lowest BCUT2D eigenvalue weighted by Crippen LogP contribution is -2.47. The zero-order valence-corrected chi connectivity index (χ0v) is 16.4. The summed E-state index contributed by atoms with van der Waals surface area (Å²) >= 11 is 6.43. The Morgan fingerprint density at radius 1 is 0.893 bits per heavy atom. The summed E-state index contributed by atoms with van der Waals surface area (Å²) in [6.45, 7) is 4.62. The fraction of sp³-hybridized carbons (Fsp3) is 0.273. The van der Waals surface area contributed by atoms with Gasteiger partial charge in [0, 0.05) is 32.7 Å². The van der Waals surface area contributed by atoms with E-state index in [4.69, 9.17) is 11.6 Å². The maximum atomic E-state index is 12.7. The van der Waals surface area contributed by atoms with Crippen LogP contribution in [0.1, 0.15) is 5.56 Å². The van der Waals surface area contributed by atoms with Gasteiger partial charge in [0.25, 0.3) is 5.56 Å². The maximum absolute atomic E-state index is 12.7. The molecule has 0 aliphatic carbocycles.